The molecule has 0 aliphatic heterocycles. The molecule has 1 heterocycles. The van der Waals surface area contributed by atoms with Gasteiger partial charge >= 0.3 is 0 Å². The highest BCUT2D eigenvalue weighted by atomic mass is 16.6. The first-order valence-corrected chi connectivity index (χ1v) is 6.11. The Bertz CT molecular complexity index is 751. The first-order chi connectivity index (χ1) is 9.45. The Morgan fingerprint density at radius 1 is 1.50 bits per heavy atom. The molecule has 0 saturated heterocycles. The van der Waals surface area contributed by atoms with Crippen molar-refractivity contribution in [3.05, 3.63) is 44.5 Å². The molecule has 0 fully saturated rings. The molecule has 20 heavy (non-hydrogen) atoms. The Morgan fingerprint density at radius 2 is 2.20 bits per heavy atom. The average molecular weight is 275 g/mol. The van der Waals surface area contributed by atoms with E-state index in [4.69, 9.17) is 0 Å². The smallest absolute Gasteiger partial charge is 0.274 e. The number of fused-ring (bicyclic) bond motifs is 1. The van der Waals surface area contributed by atoms with Crippen LogP contribution in [-0.2, 0) is 4.79 Å². The van der Waals surface area contributed by atoms with Crippen molar-refractivity contribution in [2.24, 2.45) is 0 Å². The summed E-state index contributed by atoms with van der Waals surface area (Å²) in [5.74, 6) is -0.722. The van der Waals surface area contributed by atoms with Gasteiger partial charge in [0.15, 0.2) is 0 Å². The van der Waals surface area contributed by atoms with Crippen molar-refractivity contribution in [2.45, 2.75) is 26.2 Å². The monoisotopic (exact) mass is 275 g/mol. The van der Waals surface area contributed by atoms with E-state index in [1.807, 2.05) is 0 Å². The Labute approximate surface area is 113 Å². The maximum absolute atomic E-state index is 11.7. The van der Waals surface area contributed by atoms with E-state index in [1.165, 1.54) is 25.4 Å². The van der Waals surface area contributed by atoms with Gasteiger partial charge in [-0.2, -0.15) is 0 Å². The molecule has 1 aromatic carbocycles. The van der Waals surface area contributed by atoms with E-state index in [9.17, 15) is 19.7 Å². The summed E-state index contributed by atoms with van der Waals surface area (Å²) in [5.41, 5.74) is -0.0248. The van der Waals surface area contributed by atoms with Crippen LogP contribution in [0.3, 0.4) is 0 Å². The van der Waals surface area contributed by atoms with E-state index in [-0.39, 0.29) is 16.9 Å². The number of hydrogen-bond donors (Lipinski definition) is 1. The molecule has 0 aliphatic carbocycles. The zero-order valence-corrected chi connectivity index (χ0v) is 11.0. The van der Waals surface area contributed by atoms with Crippen LogP contribution in [0.1, 0.15) is 31.7 Å². The number of ketones is 1. The number of aromatic nitrogens is 2. The highest BCUT2D eigenvalue weighted by Crippen LogP contribution is 2.32. The first kappa shape index (κ1) is 13.9. The Hall–Kier alpha value is -2.57. The number of aromatic amines is 1. The normalized spacial score (nSPS) is 12.3. The predicted octanol–water partition coefficient (Wildman–Crippen LogP) is 1.91. The van der Waals surface area contributed by atoms with E-state index >= 15 is 0 Å². The van der Waals surface area contributed by atoms with Crippen molar-refractivity contribution in [3.63, 3.8) is 0 Å². The van der Waals surface area contributed by atoms with E-state index in [0.717, 1.165) is 0 Å². The molecular formula is C13H13N3O4. The van der Waals surface area contributed by atoms with Gasteiger partial charge in [0, 0.05) is 17.5 Å². The third-order valence-electron chi connectivity index (χ3n) is 3.26. The molecule has 7 heteroatoms. The van der Waals surface area contributed by atoms with E-state index in [2.05, 4.69) is 9.97 Å². The molecular weight excluding hydrogens is 262 g/mol. The van der Waals surface area contributed by atoms with Crippen LogP contribution in [0.15, 0.2) is 23.3 Å². The summed E-state index contributed by atoms with van der Waals surface area (Å²) in [6.07, 6.45) is 1.68. The van der Waals surface area contributed by atoms with Crippen LogP contribution in [0.25, 0.3) is 10.9 Å². The number of rotatable bonds is 4. The molecule has 0 spiro atoms. The first-order valence-electron chi connectivity index (χ1n) is 6.11. The second kappa shape index (κ2) is 5.20. The van der Waals surface area contributed by atoms with Crippen molar-refractivity contribution in [1.29, 1.82) is 0 Å². The molecule has 0 saturated carbocycles. The molecule has 1 N–H and O–H groups in total. The van der Waals surface area contributed by atoms with E-state index in [1.54, 1.807) is 6.92 Å². The average Bonchev–Trinajstić information content (AvgIpc) is 2.38. The number of nitro groups is 1. The highest BCUT2D eigenvalue weighted by molar-refractivity contribution is 5.88. The second-order valence-corrected chi connectivity index (χ2v) is 4.49. The predicted molar refractivity (Wildman–Crippen MR) is 72.7 cm³/mol. The van der Waals surface area contributed by atoms with Crippen LogP contribution in [0.5, 0.6) is 0 Å². The molecule has 1 atom stereocenters. The van der Waals surface area contributed by atoms with Crippen LogP contribution in [0.4, 0.5) is 5.69 Å². The summed E-state index contributed by atoms with van der Waals surface area (Å²) in [4.78, 5) is 40.3. The van der Waals surface area contributed by atoms with Crippen molar-refractivity contribution in [3.8, 4) is 0 Å². The fourth-order valence-electron chi connectivity index (χ4n) is 2.28. The SMILES string of the molecule is CCC(C(C)=O)c1cc2nc[nH]c(=O)c2cc1[N+](=O)[O-]. The molecule has 0 aliphatic rings. The minimum Gasteiger partial charge on any atom is -0.313 e. The van der Waals surface area contributed by atoms with Crippen LogP contribution < -0.4 is 5.56 Å². The fraction of sp³-hybridized carbons (Fsp3) is 0.308. The van der Waals surface area contributed by atoms with E-state index in [0.29, 0.717) is 17.5 Å². The summed E-state index contributed by atoms with van der Waals surface area (Å²) in [7, 11) is 0. The second-order valence-electron chi connectivity index (χ2n) is 4.49. The molecule has 0 amide bonds. The number of nitrogens with one attached hydrogen (secondary N) is 1. The molecule has 2 rings (SSSR count). The zero-order valence-electron chi connectivity index (χ0n) is 11.0. The highest BCUT2D eigenvalue weighted by Gasteiger charge is 2.25. The summed E-state index contributed by atoms with van der Waals surface area (Å²) < 4.78 is 0. The van der Waals surface area contributed by atoms with Gasteiger partial charge in [-0.15, -0.1) is 0 Å². The number of nitrogens with zero attached hydrogens (tertiary/aromatic N) is 2. The number of benzene rings is 1. The standard InChI is InChI=1S/C13H13N3O4/c1-3-8(7(2)17)9-4-11-10(5-12(9)16(19)20)13(18)15-6-14-11/h4-6,8H,3H2,1-2H3,(H,14,15,18). The molecule has 1 unspecified atom stereocenters. The van der Waals surface area contributed by atoms with Crippen molar-refractivity contribution in [2.75, 3.05) is 0 Å². The lowest BCUT2D eigenvalue weighted by Crippen LogP contribution is -2.12. The lowest BCUT2D eigenvalue weighted by Gasteiger charge is -2.12. The Morgan fingerprint density at radius 3 is 2.75 bits per heavy atom. The molecule has 0 bridgehead atoms. The number of H-pyrrole nitrogens is 1. The van der Waals surface area contributed by atoms with Gasteiger partial charge < -0.3 is 4.98 Å². The third-order valence-corrected chi connectivity index (χ3v) is 3.26. The van der Waals surface area contributed by atoms with Crippen LogP contribution in [-0.4, -0.2) is 20.7 Å². The van der Waals surface area contributed by atoms with Gasteiger partial charge in [-0.05, 0) is 19.4 Å². The minimum absolute atomic E-state index is 0.140. The van der Waals surface area contributed by atoms with Gasteiger partial charge in [-0.1, -0.05) is 6.92 Å². The number of carbonyl (C=O) groups is 1. The lowest BCUT2D eigenvalue weighted by molar-refractivity contribution is -0.385. The maximum Gasteiger partial charge on any atom is 0.274 e. The molecule has 0 radical (unpaired) electrons. The number of nitro benzene ring substituents is 1. The van der Waals surface area contributed by atoms with Crippen LogP contribution >= 0.6 is 0 Å². The van der Waals surface area contributed by atoms with Crippen molar-refractivity contribution >= 4 is 22.4 Å². The van der Waals surface area contributed by atoms with Gasteiger partial charge in [0.05, 0.1) is 22.2 Å². The van der Waals surface area contributed by atoms with Gasteiger partial charge in [0.1, 0.15) is 5.78 Å². The van der Waals surface area contributed by atoms with Crippen LogP contribution in [0, 0.1) is 10.1 Å². The van der Waals surface area contributed by atoms with Crippen LogP contribution in [0.2, 0.25) is 0 Å². The van der Waals surface area contributed by atoms with Gasteiger partial charge in [0.2, 0.25) is 0 Å². The topological polar surface area (TPSA) is 106 Å². The van der Waals surface area contributed by atoms with Crippen molar-refractivity contribution in [1.82, 2.24) is 9.97 Å². The quantitative estimate of drug-likeness (QED) is 0.677. The Kier molecular flexibility index (Phi) is 3.60. The lowest BCUT2D eigenvalue weighted by atomic mass is 9.91. The van der Waals surface area contributed by atoms with E-state index < -0.39 is 16.4 Å². The summed E-state index contributed by atoms with van der Waals surface area (Å²) in [5, 5.41) is 11.3. The fourth-order valence-corrected chi connectivity index (χ4v) is 2.28. The zero-order chi connectivity index (χ0) is 14.9. The van der Waals surface area contributed by atoms with Gasteiger partial charge in [-0.25, -0.2) is 4.98 Å². The summed E-state index contributed by atoms with van der Waals surface area (Å²) in [6.45, 7) is 3.18. The molecule has 7 nitrogen and oxygen atoms in total. The Balaban J connectivity index is 2.82. The molecule has 104 valence electrons. The summed E-state index contributed by atoms with van der Waals surface area (Å²) in [6, 6.07) is 2.64. The number of Topliss-reactive ketones (excluding diaryl/α,β-unsaturated/α-hetero) is 1. The van der Waals surface area contributed by atoms with Crippen molar-refractivity contribution < 1.29 is 9.72 Å². The molecule has 1 aromatic heterocycles. The maximum atomic E-state index is 11.7. The largest absolute Gasteiger partial charge is 0.313 e. The van der Waals surface area contributed by atoms with Gasteiger partial charge in [-0.3, -0.25) is 19.7 Å². The minimum atomic E-state index is -0.577. The third kappa shape index (κ3) is 2.29. The van der Waals surface area contributed by atoms with Gasteiger partial charge in [0.25, 0.3) is 11.2 Å². The summed E-state index contributed by atoms with van der Waals surface area (Å²) >= 11 is 0. The number of hydrogen-bond acceptors (Lipinski definition) is 5. The molecule has 2 aromatic rings. The number of carbonyl (C=O) groups excluding carboxylic acids is 1.